The predicted octanol–water partition coefficient (Wildman–Crippen LogP) is 5.27. The molecule has 0 radical (unpaired) electrons. The van der Waals surface area contributed by atoms with Gasteiger partial charge in [-0.1, -0.05) is 31.2 Å². The zero-order valence-corrected chi connectivity index (χ0v) is 18.1. The van der Waals surface area contributed by atoms with Crippen LogP contribution in [0.5, 0.6) is 0 Å². The summed E-state index contributed by atoms with van der Waals surface area (Å²) in [5, 5.41) is 0. The first kappa shape index (κ1) is 20.4. The summed E-state index contributed by atoms with van der Waals surface area (Å²) in [6, 6.07) is 10.4. The van der Waals surface area contributed by atoms with Gasteiger partial charge in [-0.25, -0.2) is 0 Å². The molecule has 1 spiro atoms. The van der Waals surface area contributed by atoms with Crippen molar-refractivity contribution in [2.75, 3.05) is 15.6 Å². The third kappa shape index (κ3) is 2.63. The first-order valence-corrected chi connectivity index (χ1v) is 11.1. The number of anilines is 2. The Bertz CT molecular complexity index is 1130. The van der Waals surface area contributed by atoms with E-state index in [0.29, 0.717) is 5.56 Å². The molecule has 0 saturated carbocycles. The van der Waals surface area contributed by atoms with Crippen LogP contribution >= 0.6 is 11.8 Å². The monoisotopic (exact) mass is 446 g/mol. The average molecular weight is 446 g/mol. The van der Waals surface area contributed by atoms with Crippen LogP contribution in [0, 0.1) is 0 Å². The lowest BCUT2D eigenvalue weighted by molar-refractivity contribution is -0.137. The second-order valence-electron chi connectivity index (χ2n) is 9.01. The highest BCUT2D eigenvalue weighted by molar-refractivity contribution is 8.02. The minimum atomic E-state index is -4.55. The van der Waals surface area contributed by atoms with Crippen molar-refractivity contribution < 1.29 is 22.8 Å². The van der Waals surface area contributed by atoms with E-state index in [4.69, 9.17) is 0 Å². The molecule has 3 aliphatic rings. The van der Waals surface area contributed by atoms with Crippen LogP contribution in [0.1, 0.15) is 49.8 Å². The molecule has 0 aromatic heterocycles. The van der Waals surface area contributed by atoms with Gasteiger partial charge < -0.3 is 4.90 Å². The summed E-state index contributed by atoms with van der Waals surface area (Å²) >= 11 is 1.19. The van der Waals surface area contributed by atoms with E-state index in [-0.39, 0.29) is 29.2 Å². The number of rotatable bonds is 1. The Balaban J connectivity index is 1.75. The van der Waals surface area contributed by atoms with Crippen molar-refractivity contribution >= 4 is 35.0 Å². The summed E-state index contributed by atoms with van der Waals surface area (Å²) in [5.74, 6) is -0.399. The first-order valence-electron chi connectivity index (χ1n) is 10.1. The zero-order valence-electron chi connectivity index (χ0n) is 17.3. The average Bonchev–Trinajstić information content (AvgIpc) is 3.16. The van der Waals surface area contributed by atoms with Gasteiger partial charge >= 0.3 is 6.18 Å². The predicted molar refractivity (Wildman–Crippen MR) is 114 cm³/mol. The molecule has 3 aliphatic heterocycles. The molecule has 0 N–H and O–H groups in total. The number of thioether (sulfide) groups is 1. The number of hydrogen-bond acceptors (Lipinski definition) is 3. The summed E-state index contributed by atoms with van der Waals surface area (Å²) in [6.45, 7) is 6.11. The minimum absolute atomic E-state index is 0.0233. The smallest absolute Gasteiger partial charge is 0.303 e. The number of halogens is 3. The van der Waals surface area contributed by atoms with Gasteiger partial charge in [0, 0.05) is 16.8 Å². The van der Waals surface area contributed by atoms with Crippen molar-refractivity contribution in [1.82, 2.24) is 0 Å². The van der Waals surface area contributed by atoms with Crippen molar-refractivity contribution in [1.29, 1.82) is 0 Å². The third-order valence-corrected chi connectivity index (χ3v) is 7.88. The Morgan fingerprint density at radius 3 is 2.48 bits per heavy atom. The van der Waals surface area contributed by atoms with Crippen LogP contribution in [-0.4, -0.2) is 23.1 Å². The molecule has 8 heteroatoms. The Morgan fingerprint density at radius 2 is 1.77 bits per heavy atom. The normalized spacial score (nSPS) is 26.7. The number of carbonyl (C=O) groups is 2. The van der Waals surface area contributed by atoms with Crippen LogP contribution < -0.4 is 9.80 Å². The highest BCUT2D eigenvalue weighted by Crippen LogP contribution is 2.61. The zero-order chi connectivity index (χ0) is 22.3. The van der Waals surface area contributed by atoms with Crippen molar-refractivity contribution in [3.8, 4) is 0 Å². The fourth-order valence-electron chi connectivity index (χ4n) is 5.35. The van der Waals surface area contributed by atoms with Gasteiger partial charge in [0.15, 0.2) is 0 Å². The molecule has 3 heterocycles. The van der Waals surface area contributed by atoms with E-state index in [2.05, 4.69) is 6.92 Å². The molecule has 1 fully saturated rings. The van der Waals surface area contributed by atoms with E-state index in [9.17, 15) is 22.8 Å². The molecule has 5 rings (SSSR count). The topological polar surface area (TPSA) is 40.6 Å². The lowest BCUT2D eigenvalue weighted by Crippen LogP contribution is -2.56. The molecule has 31 heavy (non-hydrogen) atoms. The number of hydrogen-bond donors (Lipinski definition) is 0. The van der Waals surface area contributed by atoms with Crippen LogP contribution in [0.25, 0.3) is 0 Å². The number of nitrogens with zero attached hydrogens (tertiary/aromatic N) is 2. The molecule has 162 valence electrons. The lowest BCUT2D eigenvalue weighted by atomic mass is 9.80. The van der Waals surface area contributed by atoms with E-state index >= 15 is 0 Å². The van der Waals surface area contributed by atoms with Crippen LogP contribution in [0.2, 0.25) is 0 Å². The standard InChI is InChI=1S/C23H21F3N2O2S/c1-13-11-21(2,3)28-19-16(13)8-5-9-17(19)22(20(28)30)27(18(29)12-31-22)15-7-4-6-14(10-15)23(24,25)26/h4-10,13H,11-12H2,1-3H3. The lowest BCUT2D eigenvalue weighted by Gasteiger charge is -2.44. The van der Waals surface area contributed by atoms with Gasteiger partial charge in [0.05, 0.1) is 17.0 Å². The third-order valence-electron chi connectivity index (χ3n) is 6.49. The number of benzene rings is 2. The molecule has 2 amide bonds. The minimum Gasteiger partial charge on any atom is -0.303 e. The Labute approximate surface area is 182 Å². The van der Waals surface area contributed by atoms with Gasteiger partial charge in [0.25, 0.3) is 5.91 Å². The maximum Gasteiger partial charge on any atom is 0.416 e. The van der Waals surface area contributed by atoms with Gasteiger partial charge in [-0.15, -0.1) is 11.8 Å². The van der Waals surface area contributed by atoms with Gasteiger partial charge in [-0.05, 0) is 49.9 Å². The van der Waals surface area contributed by atoms with Gasteiger partial charge in [-0.2, -0.15) is 13.2 Å². The molecule has 2 aromatic carbocycles. The maximum atomic E-state index is 14.0. The Hall–Kier alpha value is -2.48. The van der Waals surface area contributed by atoms with Crippen LogP contribution in [0.4, 0.5) is 24.5 Å². The summed E-state index contributed by atoms with van der Waals surface area (Å²) in [4.78, 5) is 28.7. The molecule has 0 bridgehead atoms. The maximum absolute atomic E-state index is 14.0. The highest BCUT2D eigenvalue weighted by Gasteiger charge is 2.64. The van der Waals surface area contributed by atoms with Gasteiger partial charge in [-0.3, -0.25) is 14.5 Å². The Kier molecular flexibility index (Phi) is 4.14. The molecule has 0 aliphatic carbocycles. The van der Waals surface area contributed by atoms with Crippen molar-refractivity contribution in [3.63, 3.8) is 0 Å². The van der Waals surface area contributed by atoms with Crippen molar-refractivity contribution in [3.05, 3.63) is 59.2 Å². The first-order chi connectivity index (χ1) is 14.5. The van der Waals surface area contributed by atoms with E-state index < -0.39 is 22.1 Å². The molecule has 4 nitrogen and oxygen atoms in total. The molecule has 2 atom stereocenters. The number of para-hydroxylation sites is 1. The van der Waals surface area contributed by atoms with Crippen LogP contribution in [0.3, 0.4) is 0 Å². The number of amides is 2. The van der Waals surface area contributed by atoms with Crippen LogP contribution in [0.15, 0.2) is 42.5 Å². The number of alkyl halides is 3. The van der Waals surface area contributed by atoms with E-state index in [1.807, 2.05) is 32.0 Å². The fourth-order valence-corrected chi connectivity index (χ4v) is 6.68. The summed E-state index contributed by atoms with van der Waals surface area (Å²) in [7, 11) is 0. The van der Waals surface area contributed by atoms with E-state index in [0.717, 1.165) is 29.8 Å². The van der Waals surface area contributed by atoms with E-state index in [1.54, 1.807) is 4.90 Å². The SMILES string of the molecule is CC1CC(C)(C)N2C(=O)C3(SCC(=O)N3c3cccc(C(F)(F)F)c3)c3cccc1c32. The number of carbonyl (C=O) groups excluding carboxylic acids is 2. The van der Waals surface area contributed by atoms with Gasteiger partial charge in [0.1, 0.15) is 0 Å². The number of fused-ring (bicyclic) bond motifs is 1. The summed E-state index contributed by atoms with van der Waals surface area (Å²) < 4.78 is 40.1. The summed E-state index contributed by atoms with van der Waals surface area (Å²) in [6.07, 6.45) is -3.79. The van der Waals surface area contributed by atoms with Gasteiger partial charge in [0.2, 0.25) is 10.8 Å². The molecule has 2 unspecified atom stereocenters. The molecular formula is C23H21F3N2O2S. The largest absolute Gasteiger partial charge is 0.416 e. The molecule has 2 aromatic rings. The second kappa shape index (κ2) is 6.28. The van der Waals surface area contributed by atoms with Crippen molar-refractivity contribution in [2.24, 2.45) is 0 Å². The van der Waals surface area contributed by atoms with E-state index in [1.165, 1.54) is 28.8 Å². The van der Waals surface area contributed by atoms with Crippen molar-refractivity contribution in [2.45, 2.75) is 49.7 Å². The van der Waals surface area contributed by atoms with Crippen LogP contribution in [-0.2, 0) is 20.6 Å². The molecular weight excluding hydrogens is 425 g/mol. The second-order valence-corrected chi connectivity index (χ2v) is 10.2. The Morgan fingerprint density at radius 1 is 1.06 bits per heavy atom. The fraction of sp³-hybridized carbons (Fsp3) is 0.391. The quantitative estimate of drug-likeness (QED) is 0.599. The molecule has 1 saturated heterocycles. The summed E-state index contributed by atoms with van der Waals surface area (Å²) in [5.41, 5.74) is 1.28. The highest BCUT2D eigenvalue weighted by atomic mass is 32.2.